The normalized spacial score (nSPS) is 11.5. The number of methoxy groups -OCH3 is 2. The zero-order valence-corrected chi connectivity index (χ0v) is 18.5. The van der Waals surface area contributed by atoms with Crippen molar-refractivity contribution < 1.29 is 19.0 Å². The molecule has 0 aliphatic rings. The van der Waals surface area contributed by atoms with E-state index in [0.717, 1.165) is 22.6 Å². The number of hydrogen-bond donors (Lipinski definition) is 1. The van der Waals surface area contributed by atoms with Crippen LogP contribution in [0.25, 0.3) is 0 Å². The third kappa shape index (κ3) is 5.79. The van der Waals surface area contributed by atoms with Crippen molar-refractivity contribution in [1.82, 2.24) is 0 Å². The number of carbonyl (C=O) groups excluding carboxylic acids is 1. The van der Waals surface area contributed by atoms with E-state index >= 15 is 0 Å². The SMILES string of the molecule is CCOc1ccc(NC(CC(=O)c2ccc(C)cc2)c2ccc(OC)c(OC)c2)cc1. The summed E-state index contributed by atoms with van der Waals surface area (Å²) in [5, 5.41) is 3.49. The summed E-state index contributed by atoms with van der Waals surface area (Å²) in [7, 11) is 3.21. The lowest BCUT2D eigenvalue weighted by Crippen LogP contribution is -2.16. The van der Waals surface area contributed by atoms with Gasteiger partial charge >= 0.3 is 0 Å². The van der Waals surface area contributed by atoms with Crippen molar-refractivity contribution in [3.8, 4) is 17.2 Å². The Balaban J connectivity index is 1.89. The number of anilines is 1. The highest BCUT2D eigenvalue weighted by molar-refractivity contribution is 5.96. The van der Waals surface area contributed by atoms with Crippen molar-refractivity contribution in [3.05, 3.63) is 83.4 Å². The lowest BCUT2D eigenvalue weighted by Gasteiger charge is -2.21. The van der Waals surface area contributed by atoms with Gasteiger partial charge in [0.05, 0.1) is 26.9 Å². The molecule has 0 aliphatic carbocycles. The highest BCUT2D eigenvalue weighted by atomic mass is 16.5. The van der Waals surface area contributed by atoms with Crippen LogP contribution in [0.1, 0.15) is 40.9 Å². The Morgan fingerprint density at radius 2 is 1.58 bits per heavy atom. The molecule has 31 heavy (non-hydrogen) atoms. The van der Waals surface area contributed by atoms with Gasteiger partial charge in [-0.05, 0) is 55.8 Å². The Kier molecular flexibility index (Phi) is 7.55. The molecule has 0 fully saturated rings. The fraction of sp³-hybridized carbons (Fsp3) is 0.269. The Morgan fingerprint density at radius 3 is 2.19 bits per heavy atom. The van der Waals surface area contributed by atoms with Gasteiger partial charge in [0.2, 0.25) is 0 Å². The van der Waals surface area contributed by atoms with Crippen LogP contribution in [0.4, 0.5) is 5.69 Å². The molecule has 0 saturated carbocycles. The number of carbonyl (C=O) groups is 1. The molecular weight excluding hydrogens is 390 g/mol. The molecule has 0 spiro atoms. The van der Waals surface area contributed by atoms with Crippen molar-refractivity contribution in [3.63, 3.8) is 0 Å². The van der Waals surface area contributed by atoms with E-state index in [1.165, 1.54) is 0 Å². The first-order chi connectivity index (χ1) is 15.0. The van der Waals surface area contributed by atoms with Crippen LogP contribution in [0.3, 0.4) is 0 Å². The molecule has 3 aromatic carbocycles. The summed E-state index contributed by atoms with van der Waals surface area (Å²) in [5.41, 5.74) is 3.66. The van der Waals surface area contributed by atoms with Gasteiger partial charge in [-0.15, -0.1) is 0 Å². The molecule has 1 unspecified atom stereocenters. The number of rotatable bonds is 10. The molecule has 0 saturated heterocycles. The summed E-state index contributed by atoms with van der Waals surface area (Å²) in [6.07, 6.45) is 0.297. The van der Waals surface area contributed by atoms with Gasteiger partial charge in [0.15, 0.2) is 17.3 Å². The average Bonchev–Trinajstić information content (AvgIpc) is 2.80. The highest BCUT2D eigenvalue weighted by Gasteiger charge is 2.19. The van der Waals surface area contributed by atoms with Crippen molar-refractivity contribution in [2.45, 2.75) is 26.3 Å². The first-order valence-electron chi connectivity index (χ1n) is 10.3. The topological polar surface area (TPSA) is 56.8 Å². The minimum atomic E-state index is -0.244. The Morgan fingerprint density at radius 1 is 0.903 bits per heavy atom. The Bertz CT molecular complexity index is 997. The minimum Gasteiger partial charge on any atom is -0.494 e. The molecule has 0 radical (unpaired) electrons. The molecule has 1 atom stereocenters. The van der Waals surface area contributed by atoms with Gasteiger partial charge in [-0.3, -0.25) is 4.79 Å². The molecular formula is C26H29NO4. The van der Waals surface area contributed by atoms with E-state index in [9.17, 15) is 4.79 Å². The van der Waals surface area contributed by atoms with E-state index in [1.54, 1.807) is 14.2 Å². The fourth-order valence-electron chi connectivity index (χ4n) is 3.38. The second-order valence-corrected chi connectivity index (χ2v) is 7.26. The fourth-order valence-corrected chi connectivity index (χ4v) is 3.38. The molecule has 5 heteroatoms. The number of Topliss-reactive ketones (excluding diaryl/α,β-unsaturated/α-hetero) is 1. The summed E-state index contributed by atoms with van der Waals surface area (Å²) in [5.74, 6) is 2.15. The van der Waals surface area contributed by atoms with Gasteiger partial charge < -0.3 is 19.5 Å². The number of hydrogen-bond acceptors (Lipinski definition) is 5. The zero-order chi connectivity index (χ0) is 22.2. The molecule has 3 aromatic rings. The van der Waals surface area contributed by atoms with E-state index in [1.807, 2.05) is 80.6 Å². The predicted octanol–water partition coefficient (Wildman–Crippen LogP) is 5.84. The minimum absolute atomic E-state index is 0.0678. The van der Waals surface area contributed by atoms with Crippen LogP contribution in [0.2, 0.25) is 0 Å². The predicted molar refractivity (Wildman–Crippen MR) is 124 cm³/mol. The van der Waals surface area contributed by atoms with Crippen molar-refractivity contribution >= 4 is 11.5 Å². The molecule has 0 amide bonds. The summed E-state index contributed by atoms with van der Waals surface area (Å²) in [6, 6.07) is 20.9. The van der Waals surface area contributed by atoms with E-state index < -0.39 is 0 Å². The lowest BCUT2D eigenvalue weighted by molar-refractivity contribution is 0.0976. The Labute approximate surface area is 184 Å². The van der Waals surface area contributed by atoms with E-state index in [4.69, 9.17) is 14.2 Å². The first-order valence-corrected chi connectivity index (χ1v) is 10.3. The lowest BCUT2D eigenvalue weighted by atomic mass is 9.96. The van der Waals surface area contributed by atoms with E-state index in [2.05, 4.69) is 5.32 Å². The van der Waals surface area contributed by atoms with Gasteiger partial charge in [0.25, 0.3) is 0 Å². The quantitative estimate of drug-likeness (QED) is 0.419. The van der Waals surface area contributed by atoms with Gasteiger partial charge in [-0.25, -0.2) is 0 Å². The monoisotopic (exact) mass is 419 g/mol. The largest absolute Gasteiger partial charge is 0.494 e. The van der Waals surface area contributed by atoms with E-state index in [0.29, 0.717) is 30.1 Å². The maximum Gasteiger partial charge on any atom is 0.165 e. The molecule has 0 aliphatic heterocycles. The van der Waals surface area contributed by atoms with Gasteiger partial charge in [0.1, 0.15) is 5.75 Å². The van der Waals surface area contributed by atoms with Crippen LogP contribution >= 0.6 is 0 Å². The molecule has 3 rings (SSSR count). The summed E-state index contributed by atoms with van der Waals surface area (Å²) in [6.45, 7) is 4.58. The maximum atomic E-state index is 13.0. The second kappa shape index (κ2) is 10.5. The average molecular weight is 420 g/mol. The van der Waals surface area contributed by atoms with E-state index in [-0.39, 0.29) is 11.8 Å². The second-order valence-electron chi connectivity index (χ2n) is 7.26. The van der Waals surface area contributed by atoms with Gasteiger partial charge in [-0.1, -0.05) is 35.9 Å². The number of benzene rings is 3. The zero-order valence-electron chi connectivity index (χ0n) is 18.5. The molecule has 1 N–H and O–H groups in total. The molecule has 0 aromatic heterocycles. The number of aryl methyl sites for hydroxylation is 1. The summed E-state index contributed by atoms with van der Waals surface area (Å²) in [4.78, 5) is 13.0. The van der Waals surface area contributed by atoms with Crippen molar-refractivity contribution in [2.75, 3.05) is 26.1 Å². The molecule has 0 heterocycles. The van der Waals surface area contributed by atoms with Crippen LogP contribution in [0.15, 0.2) is 66.7 Å². The summed E-state index contributed by atoms with van der Waals surface area (Å²) < 4.78 is 16.4. The molecule has 5 nitrogen and oxygen atoms in total. The highest BCUT2D eigenvalue weighted by Crippen LogP contribution is 2.33. The number of ketones is 1. The van der Waals surface area contributed by atoms with Crippen LogP contribution in [0, 0.1) is 6.92 Å². The van der Waals surface area contributed by atoms with Crippen LogP contribution in [0.5, 0.6) is 17.2 Å². The van der Waals surface area contributed by atoms with Crippen molar-refractivity contribution in [2.24, 2.45) is 0 Å². The molecule has 0 bridgehead atoms. The van der Waals surface area contributed by atoms with Gasteiger partial charge in [-0.2, -0.15) is 0 Å². The maximum absolute atomic E-state index is 13.0. The van der Waals surface area contributed by atoms with Crippen molar-refractivity contribution in [1.29, 1.82) is 0 Å². The molecule has 162 valence electrons. The number of nitrogens with one attached hydrogen (secondary N) is 1. The third-order valence-electron chi connectivity index (χ3n) is 5.08. The van der Waals surface area contributed by atoms with Crippen LogP contribution in [-0.4, -0.2) is 26.6 Å². The van der Waals surface area contributed by atoms with Crippen LogP contribution in [-0.2, 0) is 0 Å². The van der Waals surface area contributed by atoms with Gasteiger partial charge in [0, 0.05) is 17.7 Å². The third-order valence-corrected chi connectivity index (χ3v) is 5.08. The smallest absolute Gasteiger partial charge is 0.165 e. The summed E-state index contributed by atoms with van der Waals surface area (Å²) >= 11 is 0. The van der Waals surface area contributed by atoms with Crippen LogP contribution < -0.4 is 19.5 Å². The Hall–Kier alpha value is -3.47. The standard InChI is InChI=1S/C26H29NO4/c1-5-31-22-13-11-21(12-14-22)27-23(17-24(28)19-8-6-18(2)7-9-19)20-10-15-25(29-3)26(16-20)30-4/h6-16,23,27H,5,17H2,1-4H3. The number of ether oxygens (including phenoxy) is 3. The first kappa shape index (κ1) is 22.2.